The third kappa shape index (κ3) is 3.61. The highest BCUT2D eigenvalue weighted by Crippen LogP contribution is 2.25. The van der Waals surface area contributed by atoms with E-state index in [0.717, 1.165) is 24.0 Å². The van der Waals surface area contributed by atoms with Crippen molar-refractivity contribution in [2.75, 3.05) is 46.4 Å². The van der Waals surface area contributed by atoms with Gasteiger partial charge in [-0.25, -0.2) is 0 Å². The van der Waals surface area contributed by atoms with Gasteiger partial charge in [-0.05, 0) is 13.0 Å². The number of hydrogen-bond acceptors (Lipinski definition) is 5. The van der Waals surface area contributed by atoms with Crippen LogP contribution in [0.1, 0.15) is 16.1 Å². The molecule has 1 N–H and O–H groups in total. The molecule has 1 atom stereocenters. The van der Waals surface area contributed by atoms with Crippen LogP contribution in [0.3, 0.4) is 0 Å². The maximum atomic E-state index is 12.7. The molecule has 6 nitrogen and oxygen atoms in total. The first-order valence-electron chi connectivity index (χ1n) is 8.28. The van der Waals surface area contributed by atoms with E-state index in [1.165, 1.54) is 4.90 Å². The topological polar surface area (TPSA) is 66.2 Å². The molecule has 1 amide bonds. The van der Waals surface area contributed by atoms with Crippen molar-refractivity contribution in [1.82, 2.24) is 9.80 Å². The van der Waals surface area contributed by atoms with Crippen molar-refractivity contribution in [3.05, 3.63) is 35.6 Å². The van der Waals surface area contributed by atoms with Gasteiger partial charge in [-0.3, -0.25) is 9.69 Å². The van der Waals surface area contributed by atoms with Gasteiger partial charge < -0.3 is 19.2 Å². The summed E-state index contributed by atoms with van der Waals surface area (Å²) in [7, 11) is 1.69. The van der Waals surface area contributed by atoms with E-state index in [0.29, 0.717) is 31.1 Å². The molecule has 0 bridgehead atoms. The summed E-state index contributed by atoms with van der Waals surface area (Å²) in [6, 6.07) is 7.61. The first kappa shape index (κ1) is 17.0. The van der Waals surface area contributed by atoms with Crippen LogP contribution in [0.4, 0.5) is 0 Å². The summed E-state index contributed by atoms with van der Waals surface area (Å²) in [6.45, 7) is 5.72. The van der Waals surface area contributed by atoms with Gasteiger partial charge in [0.15, 0.2) is 5.76 Å². The van der Waals surface area contributed by atoms with E-state index in [-0.39, 0.29) is 12.5 Å². The zero-order valence-corrected chi connectivity index (χ0v) is 14.2. The van der Waals surface area contributed by atoms with Crippen molar-refractivity contribution < 1.29 is 19.1 Å². The molecule has 6 heteroatoms. The summed E-state index contributed by atoms with van der Waals surface area (Å²) >= 11 is 0. The molecular weight excluding hydrogens is 308 g/mol. The number of β-amino-alcohol motifs (C(OH)–C–C–N with tert-alkyl or cyclic N) is 1. The van der Waals surface area contributed by atoms with E-state index < -0.39 is 6.10 Å². The van der Waals surface area contributed by atoms with Gasteiger partial charge in [0.25, 0.3) is 5.91 Å². The number of aliphatic hydroxyl groups excluding tert-OH is 1. The van der Waals surface area contributed by atoms with Gasteiger partial charge in [-0.2, -0.15) is 0 Å². The number of morpholine rings is 1. The summed E-state index contributed by atoms with van der Waals surface area (Å²) in [4.78, 5) is 16.3. The van der Waals surface area contributed by atoms with Gasteiger partial charge in [-0.1, -0.05) is 18.2 Å². The number of likely N-dealkylation sites (N-methyl/N-ethyl adjacent to an activating group) is 1. The molecule has 1 aliphatic heterocycles. The minimum Gasteiger partial charge on any atom is -0.451 e. The number of benzene rings is 1. The van der Waals surface area contributed by atoms with Crippen molar-refractivity contribution in [2.24, 2.45) is 0 Å². The fourth-order valence-corrected chi connectivity index (χ4v) is 3.09. The average molecular weight is 332 g/mol. The molecule has 1 aromatic carbocycles. The summed E-state index contributed by atoms with van der Waals surface area (Å²) in [5.74, 6) is 0.141. The second-order valence-corrected chi connectivity index (χ2v) is 6.30. The van der Waals surface area contributed by atoms with Gasteiger partial charge in [-0.15, -0.1) is 0 Å². The van der Waals surface area contributed by atoms with Crippen LogP contribution >= 0.6 is 0 Å². The number of nitrogens with zero attached hydrogens (tertiary/aromatic N) is 2. The summed E-state index contributed by atoms with van der Waals surface area (Å²) in [5.41, 5.74) is 1.55. The van der Waals surface area contributed by atoms with Crippen LogP contribution < -0.4 is 0 Å². The maximum absolute atomic E-state index is 12.7. The molecule has 1 aromatic heterocycles. The first-order valence-corrected chi connectivity index (χ1v) is 8.28. The Morgan fingerprint density at radius 3 is 2.75 bits per heavy atom. The van der Waals surface area contributed by atoms with Crippen molar-refractivity contribution in [2.45, 2.75) is 13.0 Å². The van der Waals surface area contributed by atoms with Gasteiger partial charge in [0.2, 0.25) is 0 Å². The summed E-state index contributed by atoms with van der Waals surface area (Å²) in [5, 5.41) is 11.2. The second-order valence-electron chi connectivity index (χ2n) is 6.30. The lowest BCUT2D eigenvalue weighted by atomic mass is 10.1. The number of rotatable bonds is 5. The molecule has 0 radical (unpaired) electrons. The van der Waals surface area contributed by atoms with Crippen LogP contribution in [0, 0.1) is 6.92 Å². The van der Waals surface area contributed by atoms with Crippen LogP contribution in [0.25, 0.3) is 11.0 Å². The average Bonchev–Trinajstić information content (AvgIpc) is 2.92. The molecule has 1 fully saturated rings. The Morgan fingerprint density at radius 2 is 2.04 bits per heavy atom. The van der Waals surface area contributed by atoms with Crippen molar-refractivity contribution in [1.29, 1.82) is 0 Å². The van der Waals surface area contributed by atoms with Crippen LogP contribution in [0.2, 0.25) is 0 Å². The SMILES string of the molecule is Cc1c(C(=O)N(C)CC(O)CN2CCOCC2)oc2ccccc12. The molecule has 1 aliphatic rings. The van der Waals surface area contributed by atoms with Gasteiger partial charge in [0.05, 0.1) is 19.3 Å². The molecule has 0 aliphatic carbocycles. The molecule has 1 unspecified atom stereocenters. The number of ether oxygens (including phenoxy) is 1. The molecule has 0 spiro atoms. The number of fused-ring (bicyclic) bond motifs is 1. The highest BCUT2D eigenvalue weighted by atomic mass is 16.5. The van der Waals surface area contributed by atoms with Crippen molar-refractivity contribution in [3.63, 3.8) is 0 Å². The smallest absolute Gasteiger partial charge is 0.289 e. The Labute approximate surface area is 141 Å². The van der Waals surface area contributed by atoms with E-state index >= 15 is 0 Å². The minimum absolute atomic E-state index is 0.204. The number of hydrogen-bond donors (Lipinski definition) is 1. The van der Waals surface area contributed by atoms with E-state index in [2.05, 4.69) is 4.90 Å². The van der Waals surface area contributed by atoms with Crippen LogP contribution in [-0.2, 0) is 4.74 Å². The third-order valence-corrected chi connectivity index (χ3v) is 4.44. The number of para-hydroxylation sites is 1. The molecule has 1 saturated heterocycles. The van der Waals surface area contributed by atoms with Gasteiger partial charge in [0, 0.05) is 44.2 Å². The Balaban J connectivity index is 1.64. The molecule has 24 heavy (non-hydrogen) atoms. The van der Waals surface area contributed by atoms with Crippen molar-refractivity contribution >= 4 is 16.9 Å². The maximum Gasteiger partial charge on any atom is 0.289 e. The number of amides is 1. The van der Waals surface area contributed by atoms with Crippen LogP contribution in [0.5, 0.6) is 0 Å². The Hall–Kier alpha value is -1.89. The standard InChI is InChI=1S/C18H24N2O4/c1-13-15-5-3-4-6-16(15)24-17(13)18(22)19(2)11-14(21)12-20-7-9-23-10-8-20/h3-6,14,21H,7-12H2,1-2H3. The Kier molecular flexibility index (Phi) is 5.18. The van der Waals surface area contributed by atoms with Gasteiger partial charge >= 0.3 is 0 Å². The lowest BCUT2D eigenvalue weighted by molar-refractivity contribution is 0.00854. The zero-order chi connectivity index (χ0) is 17.1. The predicted octanol–water partition coefficient (Wildman–Crippen LogP) is 1.51. The van der Waals surface area contributed by atoms with E-state index in [1.54, 1.807) is 7.05 Å². The second kappa shape index (κ2) is 7.34. The molecular formula is C18H24N2O4. The van der Waals surface area contributed by atoms with Crippen molar-refractivity contribution in [3.8, 4) is 0 Å². The predicted molar refractivity (Wildman–Crippen MR) is 91.2 cm³/mol. The third-order valence-electron chi connectivity index (χ3n) is 4.44. The first-order chi connectivity index (χ1) is 11.6. The van der Waals surface area contributed by atoms with Crippen LogP contribution in [-0.4, -0.2) is 73.4 Å². The summed E-state index contributed by atoms with van der Waals surface area (Å²) in [6.07, 6.45) is -0.596. The molecule has 130 valence electrons. The molecule has 2 aromatic rings. The monoisotopic (exact) mass is 332 g/mol. The highest BCUT2D eigenvalue weighted by molar-refractivity contribution is 5.98. The fourth-order valence-electron chi connectivity index (χ4n) is 3.09. The normalized spacial score (nSPS) is 17.1. The number of carbonyl (C=O) groups is 1. The molecule has 3 rings (SSSR count). The van der Waals surface area contributed by atoms with E-state index in [1.807, 2.05) is 31.2 Å². The molecule has 0 saturated carbocycles. The highest BCUT2D eigenvalue weighted by Gasteiger charge is 2.23. The largest absolute Gasteiger partial charge is 0.451 e. The fraction of sp³-hybridized carbons (Fsp3) is 0.500. The van der Waals surface area contributed by atoms with E-state index in [9.17, 15) is 9.90 Å². The number of furan rings is 1. The quantitative estimate of drug-likeness (QED) is 0.899. The van der Waals surface area contributed by atoms with Crippen LogP contribution in [0.15, 0.2) is 28.7 Å². The van der Waals surface area contributed by atoms with E-state index in [4.69, 9.17) is 9.15 Å². The number of aliphatic hydroxyl groups is 1. The Morgan fingerprint density at radius 1 is 1.33 bits per heavy atom. The lowest BCUT2D eigenvalue weighted by Crippen LogP contribution is -2.45. The lowest BCUT2D eigenvalue weighted by Gasteiger charge is -2.29. The number of carbonyl (C=O) groups excluding carboxylic acids is 1. The zero-order valence-electron chi connectivity index (χ0n) is 14.2. The Bertz CT molecular complexity index is 706. The minimum atomic E-state index is -0.596. The summed E-state index contributed by atoms with van der Waals surface area (Å²) < 4.78 is 11.0. The number of aryl methyl sites for hydroxylation is 1. The molecule has 2 heterocycles. The van der Waals surface area contributed by atoms with Gasteiger partial charge in [0.1, 0.15) is 5.58 Å².